The zero-order valence-electron chi connectivity index (χ0n) is 10.0. The first-order valence-electron chi connectivity index (χ1n) is 6.33. The van der Waals surface area contributed by atoms with E-state index in [0.29, 0.717) is 0 Å². The van der Waals surface area contributed by atoms with Crippen LogP contribution in [0.25, 0.3) is 6.08 Å². The van der Waals surface area contributed by atoms with Crippen LogP contribution in [-0.4, -0.2) is 6.61 Å². The van der Waals surface area contributed by atoms with E-state index in [-0.39, 0.29) is 0 Å². The quantitative estimate of drug-likeness (QED) is 0.735. The lowest BCUT2D eigenvalue weighted by Crippen LogP contribution is -2.00. The Bertz CT molecular complexity index is 366. The molecule has 0 amide bonds. The van der Waals surface area contributed by atoms with E-state index < -0.39 is 0 Å². The lowest BCUT2D eigenvalue weighted by atomic mass is 9.97. The fraction of sp³-hybridized carbons (Fsp3) is 0.467. The largest absolute Gasteiger partial charge is 0.493 e. The van der Waals surface area contributed by atoms with Crippen LogP contribution < -0.4 is 4.74 Å². The van der Waals surface area contributed by atoms with Crippen molar-refractivity contribution in [3.8, 4) is 5.75 Å². The molecule has 1 aliphatic carbocycles. The zero-order chi connectivity index (χ0) is 11.2. The number of ether oxygens (including phenoxy) is 1. The number of aryl methyl sites for hydroxylation is 1. The van der Waals surface area contributed by atoms with Crippen LogP contribution in [-0.2, 0) is 6.42 Å². The number of allylic oxidation sites excluding steroid dienone is 1. The summed E-state index contributed by atoms with van der Waals surface area (Å²) in [5.74, 6) is 1.05. The predicted octanol–water partition coefficient (Wildman–Crippen LogP) is 4.22. The SMILES string of the molecule is CCCOc1cccc2c1/C=C\CCCC2. The summed E-state index contributed by atoms with van der Waals surface area (Å²) in [7, 11) is 0. The minimum absolute atomic E-state index is 0.810. The van der Waals surface area contributed by atoms with Crippen molar-refractivity contribution in [2.24, 2.45) is 0 Å². The molecule has 0 unspecified atom stereocenters. The molecule has 0 bridgehead atoms. The number of hydrogen-bond acceptors (Lipinski definition) is 1. The Morgan fingerprint density at radius 3 is 3.06 bits per heavy atom. The van der Waals surface area contributed by atoms with Crippen LogP contribution in [0.4, 0.5) is 0 Å². The molecule has 0 aliphatic heterocycles. The molecule has 16 heavy (non-hydrogen) atoms. The summed E-state index contributed by atoms with van der Waals surface area (Å²) in [6.45, 7) is 2.95. The Hall–Kier alpha value is -1.24. The Kier molecular flexibility index (Phi) is 4.03. The van der Waals surface area contributed by atoms with Crippen LogP contribution in [0.5, 0.6) is 5.75 Å². The number of hydrogen-bond donors (Lipinski definition) is 0. The van der Waals surface area contributed by atoms with Crippen molar-refractivity contribution in [1.29, 1.82) is 0 Å². The highest BCUT2D eigenvalue weighted by Crippen LogP contribution is 2.27. The van der Waals surface area contributed by atoms with Crippen LogP contribution in [0, 0.1) is 0 Å². The van der Waals surface area contributed by atoms with Gasteiger partial charge in [-0.05, 0) is 43.7 Å². The molecule has 1 nitrogen and oxygen atoms in total. The third-order valence-corrected chi connectivity index (χ3v) is 2.97. The fourth-order valence-electron chi connectivity index (χ4n) is 2.11. The fourth-order valence-corrected chi connectivity index (χ4v) is 2.11. The molecule has 1 heteroatoms. The third kappa shape index (κ3) is 2.66. The molecule has 0 heterocycles. The molecule has 0 spiro atoms. The predicted molar refractivity (Wildman–Crippen MR) is 68.8 cm³/mol. The van der Waals surface area contributed by atoms with Crippen LogP contribution in [0.1, 0.15) is 43.7 Å². The van der Waals surface area contributed by atoms with E-state index in [1.165, 1.54) is 36.8 Å². The zero-order valence-corrected chi connectivity index (χ0v) is 10.0. The summed E-state index contributed by atoms with van der Waals surface area (Å²) < 4.78 is 5.80. The average Bonchev–Trinajstić information content (AvgIpc) is 2.27. The van der Waals surface area contributed by atoms with Crippen LogP contribution in [0.15, 0.2) is 24.3 Å². The molecular weight excluding hydrogens is 196 g/mol. The van der Waals surface area contributed by atoms with Gasteiger partial charge in [0.2, 0.25) is 0 Å². The molecule has 0 saturated carbocycles. The first-order chi connectivity index (χ1) is 7.92. The third-order valence-electron chi connectivity index (χ3n) is 2.97. The molecule has 1 aliphatic rings. The van der Waals surface area contributed by atoms with Gasteiger partial charge in [-0.3, -0.25) is 0 Å². The van der Waals surface area contributed by atoms with E-state index in [1.807, 2.05) is 0 Å². The monoisotopic (exact) mass is 216 g/mol. The molecule has 86 valence electrons. The number of fused-ring (bicyclic) bond motifs is 1. The standard InChI is InChI=1S/C15H20O/c1-2-12-16-15-11-7-9-13-8-5-3-4-6-10-14(13)15/h6-7,9-11H,2-5,8,12H2,1H3/b10-6-. The maximum absolute atomic E-state index is 5.80. The van der Waals surface area contributed by atoms with Gasteiger partial charge in [0.1, 0.15) is 5.75 Å². The Morgan fingerprint density at radius 1 is 1.25 bits per heavy atom. The van der Waals surface area contributed by atoms with Gasteiger partial charge in [0.15, 0.2) is 0 Å². The topological polar surface area (TPSA) is 9.23 Å². The summed E-state index contributed by atoms with van der Waals surface area (Å²) in [5, 5.41) is 0. The lowest BCUT2D eigenvalue weighted by Gasteiger charge is -2.14. The van der Waals surface area contributed by atoms with E-state index in [4.69, 9.17) is 4.74 Å². The van der Waals surface area contributed by atoms with Gasteiger partial charge in [0.05, 0.1) is 6.61 Å². The second kappa shape index (κ2) is 5.74. The van der Waals surface area contributed by atoms with Crippen molar-refractivity contribution in [2.45, 2.75) is 39.0 Å². The first-order valence-corrected chi connectivity index (χ1v) is 6.33. The number of benzene rings is 1. The van der Waals surface area contributed by atoms with Crippen LogP contribution >= 0.6 is 0 Å². The first kappa shape index (κ1) is 11.3. The van der Waals surface area contributed by atoms with E-state index in [0.717, 1.165) is 18.8 Å². The molecule has 0 radical (unpaired) electrons. The van der Waals surface area contributed by atoms with Gasteiger partial charge >= 0.3 is 0 Å². The molecule has 0 saturated heterocycles. The van der Waals surface area contributed by atoms with Crippen molar-refractivity contribution in [3.05, 3.63) is 35.4 Å². The second-order valence-electron chi connectivity index (χ2n) is 4.33. The summed E-state index contributed by atoms with van der Waals surface area (Å²) in [6, 6.07) is 6.42. The number of rotatable bonds is 3. The minimum atomic E-state index is 0.810. The molecular formula is C15H20O. The molecule has 1 aromatic rings. The highest BCUT2D eigenvalue weighted by molar-refractivity contribution is 5.61. The van der Waals surface area contributed by atoms with Crippen LogP contribution in [0.2, 0.25) is 0 Å². The Labute approximate surface area is 98.1 Å². The van der Waals surface area contributed by atoms with Gasteiger partial charge in [-0.2, -0.15) is 0 Å². The van der Waals surface area contributed by atoms with E-state index in [9.17, 15) is 0 Å². The molecule has 1 aromatic carbocycles. The smallest absolute Gasteiger partial charge is 0.126 e. The van der Waals surface area contributed by atoms with Crippen molar-refractivity contribution in [2.75, 3.05) is 6.61 Å². The van der Waals surface area contributed by atoms with Crippen molar-refractivity contribution >= 4 is 6.08 Å². The van der Waals surface area contributed by atoms with Gasteiger partial charge in [0, 0.05) is 5.56 Å². The molecule has 0 aromatic heterocycles. The molecule has 0 N–H and O–H groups in total. The van der Waals surface area contributed by atoms with Gasteiger partial charge in [-0.15, -0.1) is 0 Å². The van der Waals surface area contributed by atoms with Crippen molar-refractivity contribution < 1.29 is 4.74 Å². The lowest BCUT2D eigenvalue weighted by molar-refractivity contribution is 0.316. The normalized spacial score (nSPS) is 17.1. The molecule has 0 fully saturated rings. The highest BCUT2D eigenvalue weighted by atomic mass is 16.5. The minimum Gasteiger partial charge on any atom is -0.493 e. The second-order valence-corrected chi connectivity index (χ2v) is 4.33. The summed E-state index contributed by atoms with van der Waals surface area (Å²) in [4.78, 5) is 0. The average molecular weight is 216 g/mol. The van der Waals surface area contributed by atoms with Crippen molar-refractivity contribution in [1.82, 2.24) is 0 Å². The summed E-state index contributed by atoms with van der Waals surface area (Å²) in [5.41, 5.74) is 2.74. The van der Waals surface area contributed by atoms with E-state index >= 15 is 0 Å². The maximum Gasteiger partial charge on any atom is 0.126 e. The maximum atomic E-state index is 5.80. The van der Waals surface area contributed by atoms with Gasteiger partial charge in [-0.25, -0.2) is 0 Å². The molecule has 0 atom stereocenters. The Balaban J connectivity index is 2.28. The summed E-state index contributed by atoms with van der Waals surface area (Å²) >= 11 is 0. The summed E-state index contributed by atoms with van der Waals surface area (Å²) in [6.07, 6.45) is 10.5. The van der Waals surface area contributed by atoms with Gasteiger partial charge in [-0.1, -0.05) is 31.2 Å². The highest BCUT2D eigenvalue weighted by Gasteiger charge is 2.08. The van der Waals surface area contributed by atoms with Gasteiger partial charge in [0.25, 0.3) is 0 Å². The molecule has 2 rings (SSSR count). The van der Waals surface area contributed by atoms with E-state index in [1.54, 1.807) is 0 Å². The van der Waals surface area contributed by atoms with E-state index in [2.05, 4.69) is 37.3 Å². The van der Waals surface area contributed by atoms with Crippen molar-refractivity contribution in [3.63, 3.8) is 0 Å². The van der Waals surface area contributed by atoms with Crippen LogP contribution in [0.3, 0.4) is 0 Å². The van der Waals surface area contributed by atoms with Gasteiger partial charge < -0.3 is 4.74 Å². The Morgan fingerprint density at radius 2 is 2.19 bits per heavy atom.